The molecule has 114 valence electrons. The number of hydrogen-bond acceptors (Lipinski definition) is 5. The summed E-state index contributed by atoms with van der Waals surface area (Å²) in [5.74, 6) is 1.51. The van der Waals surface area contributed by atoms with Crippen LogP contribution in [-0.4, -0.2) is 24.7 Å². The Hall–Kier alpha value is -1.59. The topological polar surface area (TPSA) is 43.4 Å². The fourth-order valence-electron chi connectivity index (χ4n) is 1.91. The van der Waals surface area contributed by atoms with Gasteiger partial charge in [0.1, 0.15) is 5.01 Å². The molecule has 0 amide bonds. The summed E-state index contributed by atoms with van der Waals surface area (Å²) >= 11 is 1.70. The zero-order valence-corrected chi connectivity index (χ0v) is 13.8. The van der Waals surface area contributed by atoms with Crippen molar-refractivity contribution in [2.75, 3.05) is 13.7 Å². The Bertz CT molecular complexity index is 581. The molecule has 2 rings (SSSR count). The first-order valence-corrected chi connectivity index (χ1v) is 7.95. The van der Waals surface area contributed by atoms with Crippen LogP contribution in [0.3, 0.4) is 0 Å². The van der Waals surface area contributed by atoms with Crippen LogP contribution in [0, 0.1) is 0 Å². The Morgan fingerprint density at radius 3 is 2.76 bits per heavy atom. The summed E-state index contributed by atoms with van der Waals surface area (Å²) in [6.45, 7) is 7.70. The molecule has 1 aromatic carbocycles. The van der Waals surface area contributed by atoms with Gasteiger partial charge in [0.2, 0.25) is 0 Å². The number of methoxy groups -OCH3 is 1. The lowest BCUT2D eigenvalue weighted by Gasteiger charge is -2.10. The zero-order chi connectivity index (χ0) is 15.2. The molecule has 0 radical (unpaired) electrons. The summed E-state index contributed by atoms with van der Waals surface area (Å²) in [7, 11) is 1.65. The van der Waals surface area contributed by atoms with Gasteiger partial charge in [0.15, 0.2) is 11.5 Å². The lowest BCUT2D eigenvalue weighted by Crippen LogP contribution is -2.21. The van der Waals surface area contributed by atoms with Crippen LogP contribution in [0.4, 0.5) is 0 Å². The van der Waals surface area contributed by atoms with Crippen LogP contribution in [0.5, 0.6) is 11.5 Å². The van der Waals surface area contributed by atoms with Crippen LogP contribution < -0.4 is 14.8 Å². The molecule has 0 atom stereocenters. The van der Waals surface area contributed by atoms with Gasteiger partial charge in [0, 0.05) is 29.2 Å². The van der Waals surface area contributed by atoms with E-state index in [1.807, 2.05) is 31.3 Å². The van der Waals surface area contributed by atoms with Crippen molar-refractivity contribution in [3.05, 3.63) is 29.3 Å². The highest BCUT2D eigenvalue weighted by molar-refractivity contribution is 7.15. The van der Waals surface area contributed by atoms with Gasteiger partial charge in [-0.25, -0.2) is 4.98 Å². The van der Waals surface area contributed by atoms with E-state index in [1.165, 1.54) is 4.88 Å². The number of aromatic nitrogens is 1. The quantitative estimate of drug-likeness (QED) is 0.847. The lowest BCUT2D eigenvalue weighted by atomic mass is 10.2. The van der Waals surface area contributed by atoms with Gasteiger partial charge in [-0.05, 0) is 25.1 Å². The molecule has 0 aliphatic rings. The van der Waals surface area contributed by atoms with Crippen LogP contribution in [0.15, 0.2) is 24.4 Å². The number of rotatable bonds is 7. The molecule has 0 aliphatic heterocycles. The maximum absolute atomic E-state index is 5.62. The Morgan fingerprint density at radius 1 is 1.29 bits per heavy atom. The van der Waals surface area contributed by atoms with E-state index in [1.54, 1.807) is 18.4 Å². The van der Waals surface area contributed by atoms with E-state index in [2.05, 4.69) is 24.1 Å². The van der Waals surface area contributed by atoms with Crippen LogP contribution in [0.1, 0.15) is 25.6 Å². The Labute approximate surface area is 130 Å². The van der Waals surface area contributed by atoms with Crippen molar-refractivity contribution in [1.29, 1.82) is 0 Å². The maximum Gasteiger partial charge on any atom is 0.161 e. The monoisotopic (exact) mass is 306 g/mol. The minimum absolute atomic E-state index is 0.473. The van der Waals surface area contributed by atoms with Gasteiger partial charge in [-0.2, -0.15) is 0 Å². The van der Waals surface area contributed by atoms with Crippen molar-refractivity contribution in [3.63, 3.8) is 0 Å². The van der Waals surface area contributed by atoms with Crippen molar-refractivity contribution in [1.82, 2.24) is 10.3 Å². The minimum atomic E-state index is 0.473. The van der Waals surface area contributed by atoms with E-state index in [4.69, 9.17) is 9.47 Å². The number of ether oxygens (including phenoxy) is 2. The van der Waals surface area contributed by atoms with Crippen molar-refractivity contribution >= 4 is 11.3 Å². The molecular weight excluding hydrogens is 284 g/mol. The van der Waals surface area contributed by atoms with Gasteiger partial charge in [-0.1, -0.05) is 13.8 Å². The van der Waals surface area contributed by atoms with Crippen LogP contribution >= 0.6 is 11.3 Å². The molecule has 21 heavy (non-hydrogen) atoms. The predicted octanol–water partition coefficient (Wildman–Crippen LogP) is 3.72. The minimum Gasteiger partial charge on any atom is -0.493 e. The molecule has 0 unspecified atom stereocenters. The molecule has 0 bridgehead atoms. The first-order chi connectivity index (χ1) is 10.1. The summed E-state index contributed by atoms with van der Waals surface area (Å²) in [6, 6.07) is 6.40. The summed E-state index contributed by atoms with van der Waals surface area (Å²) in [5, 5.41) is 4.40. The smallest absolute Gasteiger partial charge is 0.161 e. The van der Waals surface area contributed by atoms with Crippen molar-refractivity contribution in [2.45, 2.75) is 33.4 Å². The normalized spacial score (nSPS) is 10.9. The number of nitrogens with one attached hydrogen (secondary N) is 1. The zero-order valence-electron chi connectivity index (χ0n) is 13.0. The lowest BCUT2D eigenvalue weighted by molar-refractivity contribution is 0.311. The second-order valence-corrected chi connectivity index (χ2v) is 6.08. The first kappa shape index (κ1) is 15.8. The number of thiazole rings is 1. The third-order valence-electron chi connectivity index (χ3n) is 2.95. The van der Waals surface area contributed by atoms with Gasteiger partial charge in [0.05, 0.1) is 13.7 Å². The highest BCUT2D eigenvalue weighted by Crippen LogP contribution is 2.34. The predicted molar refractivity (Wildman–Crippen MR) is 87.2 cm³/mol. The SMILES string of the molecule is CCOc1cc(-c2ncc(CNC(C)C)s2)ccc1OC. The van der Waals surface area contributed by atoms with Crippen molar-refractivity contribution in [2.24, 2.45) is 0 Å². The molecule has 0 spiro atoms. The number of hydrogen-bond donors (Lipinski definition) is 1. The fourth-order valence-corrected chi connectivity index (χ4v) is 2.76. The van der Waals surface area contributed by atoms with E-state index >= 15 is 0 Å². The fraction of sp³-hybridized carbons (Fsp3) is 0.438. The molecule has 4 nitrogen and oxygen atoms in total. The van der Waals surface area contributed by atoms with E-state index in [-0.39, 0.29) is 0 Å². The van der Waals surface area contributed by atoms with E-state index < -0.39 is 0 Å². The van der Waals surface area contributed by atoms with Gasteiger partial charge >= 0.3 is 0 Å². The average Bonchev–Trinajstić information content (AvgIpc) is 2.94. The second kappa shape index (κ2) is 7.43. The number of benzene rings is 1. The third-order valence-corrected chi connectivity index (χ3v) is 3.99. The van der Waals surface area contributed by atoms with Crippen LogP contribution in [-0.2, 0) is 6.54 Å². The molecule has 0 saturated heterocycles. The Morgan fingerprint density at radius 2 is 2.10 bits per heavy atom. The van der Waals surface area contributed by atoms with Gasteiger partial charge in [-0.15, -0.1) is 11.3 Å². The molecule has 5 heteroatoms. The summed E-state index contributed by atoms with van der Waals surface area (Å²) in [6.07, 6.45) is 1.93. The average molecular weight is 306 g/mol. The molecule has 2 aromatic rings. The molecule has 0 fully saturated rings. The molecule has 1 N–H and O–H groups in total. The van der Waals surface area contributed by atoms with Crippen LogP contribution in [0.2, 0.25) is 0 Å². The highest BCUT2D eigenvalue weighted by Gasteiger charge is 2.10. The third kappa shape index (κ3) is 4.19. The molecular formula is C16H22N2O2S. The molecule has 1 heterocycles. The first-order valence-electron chi connectivity index (χ1n) is 7.13. The van der Waals surface area contributed by atoms with Gasteiger partial charge in [0.25, 0.3) is 0 Å². The molecule has 1 aromatic heterocycles. The Balaban J connectivity index is 2.19. The summed E-state index contributed by atoms with van der Waals surface area (Å²) in [5.41, 5.74) is 1.06. The number of nitrogens with zero attached hydrogens (tertiary/aromatic N) is 1. The summed E-state index contributed by atoms with van der Waals surface area (Å²) < 4.78 is 10.9. The largest absolute Gasteiger partial charge is 0.493 e. The van der Waals surface area contributed by atoms with E-state index in [9.17, 15) is 0 Å². The van der Waals surface area contributed by atoms with Gasteiger partial charge < -0.3 is 14.8 Å². The van der Waals surface area contributed by atoms with E-state index in [0.717, 1.165) is 28.6 Å². The van der Waals surface area contributed by atoms with Crippen molar-refractivity contribution < 1.29 is 9.47 Å². The molecule has 0 aliphatic carbocycles. The molecule has 0 saturated carbocycles. The summed E-state index contributed by atoms with van der Waals surface area (Å²) in [4.78, 5) is 5.73. The second-order valence-electron chi connectivity index (χ2n) is 4.97. The maximum atomic E-state index is 5.62. The highest BCUT2D eigenvalue weighted by atomic mass is 32.1. The van der Waals surface area contributed by atoms with E-state index in [0.29, 0.717) is 12.6 Å². The standard InChI is InChI=1S/C16H22N2O2S/c1-5-20-15-8-12(6-7-14(15)19-4)16-18-10-13(21-16)9-17-11(2)3/h6-8,10-11,17H,5,9H2,1-4H3. The van der Waals surface area contributed by atoms with Crippen LogP contribution in [0.25, 0.3) is 10.6 Å². The Kier molecular flexibility index (Phi) is 5.59. The van der Waals surface area contributed by atoms with Crippen molar-refractivity contribution in [3.8, 4) is 22.1 Å². The van der Waals surface area contributed by atoms with Gasteiger partial charge in [-0.3, -0.25) is 0 Å².